The number of carbonyl (C=O) groups excluding carboxylic acids is 3. The van der Waals surface area contributed by atoms with Crippen molar-refractivity contribution in [3.05, 3.63) is 34.9 Å². The van der Waals surface area contributed by atoms with E-state index >= 15 is 0 Å². The van der Waals surface area contributed by atoms with Gasteiger partial charge in [0, 0.05) is 25.7 Å². The second-order valence-electron chi connectivity index (χ2n) is 5.96. The standard InChI is InChI=1S/C18H24N2O3/c1-4-6-10-19(3)16(21)13-8-9-14-15(12-13)18(23)20(17(14)22)11-7-5-2/h8-9,12H,4-7,10-11H2,1-3H3. The van der Waals surface area contributed by atoms with Crippen LogP contribution in [0.3, 0.4) is 0 Å². The van der Waals surface area contributed by atoms with Gasteiger partial charge in [-0.15, -0.1) is 0 Å². The molecule has 1 heterocycles. The highest BCUT2D eigenvalue weighted by Crippen LogP contribution is 2.24. The van der Waals surface area contributed by atoms with E-state index in [-0.39, 0.29) is 17.7 Å². The number of amides is 3. The maximum absolute atomic E-state index is 12.4. The second kappa shape index (κ2) is 7.40. The molecule has 5 heteroatoms. The SMILES string of the molecule is CCCCN(C)C(=O)c1ccc2c(c1)C(=O)N(CCCC)C2=O. The molecule has 0 aliphatic carbocycles. The summed E-state index contributed by atoms with van der Waals surface area (Å²) in [6, 6.07) is 4.80. The summed E-state index contributed by atoms with van der Waals surface area (Å²) >= 11 is 0. The van der Waals surface area contributed by atoms with Crippen molar-refractivity contribution in [1.29, 1.82) is 0 Å². The highest BCUT2D eigenvalue weighted by molar-refractivity contribution is 6.22. The lowest BCUT2D eigenvalue weighted by molar-refractivity contribution is 0.0652. The van der Waals surface area contributed by atoms with E-state index in [0.717, 1.165) is 25.7 Å². The Hall–Kier alpha value is -2.17. The van der Waals surface area contributed by atoms with Crippen molar-refractivity contribution in [1.82, 2.24) is 9.80 Å². The van der Waals surface area contributed by atoms with Gasteiger partial charge in [-0.1, -0.05) is 26.7 Å². The van der Waals surface area contributed by atoms with Crippen LogP contribution in [0.5, 0.6) is 0 Å². The Labute approximate surface area is 137 Å². The van der Waals surface area contributed by atoms with Gasteiger partial charge < -0.3 is 4.90 Å². The number of carbonyl (C=O) groups is 3. The van der Waals surface area contributed by atoms with Gasteiger partial charge in [-0.25, -0.2) is 0 Å². The van der Waals surface area contributed by atoms with Crippen molar-refractivity contribution >= 4 is 17.7 Å². The van der Waals surface area contributed by atoms with Gasteiger partial charge in [-0.2, -0.15) is 0 Å². The first-order valence-electron chi connectivity index (χ1n) is 8.27. The predicted octanol–water partition coefficient (Wildman–Crippen LogP) is 2.95. The highest BCUT2D eigenvalue weighted by Gasteiger charge is 2.35. The minimum absolute atomic E-state index is 0.117. The largest absolute Gasteiger partial charge is 0.342 e. The monoisotopic (exact) mass is 316 g/mol. The number of imide groups is 1. The molecule has 0 aromatic heterocycles. The molecule has 0 saturated heterocycles. The maximum atomic E-state index is 12.4. The lowest BCUT2D eigenvalue weighted by Crippen LogP contribution is -2.30. The van der Waals surface area contributed by atoms with Crippen LogP contribution in [0.4, 0.5) is 0 Å². The fourth-order valence-corrected chi connectivity index (χ4v) is 2.66. The summed E-state index contributed by atoms with van der Waals surface area (Å²) in [5.41, 5.74) is 1.21. The lowest BCUT2D eigenvalue weighted by Gasteiger charge is -2.16. The smallest absolute Gasteiger partial charge is 0.261 e. The van der Waals surface area contributed by atoms with Gasteiger partial charge in [-0.3, -0.25) is 19.3 Å². The van der Waals surface area contributed by atoms with Gasteiger partial charge >= 0.3 is 0 Å². The van der Waals surface area contributed by atoms with Crippen LogP contribution in [0.15, 0.2) is 18.2 Å². The molecule has 0 fully saturated rings. The topological polar surface area (TPSA) is 57.7 Å². The fraction of sp³-hybridized carbons (Fsp3) is 0.500. The highest BCUT2D eigenvalue weighted by atomic mass is 16.2. The molecule has 0 spiro atoms. The fourth-order valence-electron chi connectivity index (χ4n) is 2.66. The molecule has 2 rings (SSSR count). The number of nitrogens with zero attached hydrogens (tertiary/aromatic N) is 2. The second-order valence-corrected chi connectivity index (χ2v) is 5.96. The van der Waals surface area contributed by atoms with Crippen LogP contribution in [0, 0.1) is 0 Å². The average Bonchev–Trinajstić information content (AvgIpc) is 2.80. The molecule has 0 unspecified atom stereocenters. The molecule has 5 nitrogen and oxygen atoms in total. The van der Waals surface area contributed by atoms with Crippen LogP contribution in [-0.2, 0) is 0 Å². The van der Waals surface area contributed by atoms with E-state index in [4.69, 9.17) is 0 Å². The lowest BCUT2D eigenvalue weighted by atomic mass is 10.0. The summed E-state index contributed by atoms with van der Waals surface area (Å²) < 4.78 is 0. The Balaban J connectivity index is 2.21. The van der Waals surface area contributed by atoms with E-state index in [1.165, 1.54) is 4.90 Å². The number of unbranched alkanes of at least 4 members (excludes halogenated alkanes) is 2. The molecule has 124 valence electrons. The Bertz CT molecular complexity index is 625. The summed E-state index contributed by atoms with van der Waals surface area (Å²) in [6.45, 7) is 5.20. The van der Waals surface area contributed by atoms with Crippen LogP contribution in [0.2, 0.25) is 0 Å². The Morgan fingerprint density at radius 2 is 1.70 bits per heavy atom. The zero-order valence-corrected chi connectivity index (χ0v) is 14.1. The van der Waals surface area contributed by atoms with Gasteiger partial charge in [-0.05, 0) is 31.0 Å². The first-order chi connectivity index (χ1) is 11.0. The van der Waals surface area contributed by atoms with Crippen molar-refractivity contribution in [3.8, 4) is 0 Å². The quantitative estimate of drug-likeness (QED) is 0.727. The van der Waals surface area contributed by atoms with Gasteiger partial charge in [0.25, 0.3) is 17.7 Å². The molecule has 3 amide bonds. The summed E-state index contributed by atoms with van der Waals surface area (Å²) in [5, 5.41) is 0. The first kappa shape index (κ1) is 17.2. The zero-order valence-electron chi connectivity index (χ0n) is 14.1. The molecule has 1 aliphatic rings. The van der Waals surface area contributed by atoms with Crippen LogP contribution < -0.4 is 0 Å². The molecule has 23 heavy (non-hydrogen) atoms. The maximum Gasteiger partial charge on any atom is 0.261 e. The summed E-state index contributed by atoms with van der Waals surface area (Å²) in [7, 11) is 1.76. The number of hydrogen-bond donors (Lipinski definition) is 0. The molecular weight excluding hydrogens is 292 g/mol. The average molecular weight is 316 g/mol. The van der Waals surface area contributed by atoms with Crippen molar-refractivity contribution in [2.45, 2.75) is 39.5 Å². The number of fused-ring (bicyclic) bond motifs is 1. The van der Waals surface area contributed by atoms with E-state index in [2.05, 4.69) is 6.92 Å². The van der Waals surface area contributed by atoms with Crippen molar-refractivity contribution in [3.63, 3.8) is 0 Å². The van der Waals surface area contributed by atoms with Gasteiger partial charge in [0.1, 0.15) is 0 Å². The van der Waals surface area contributed by atoms with Crippen LogP contribution in [-0.4, -0.2) is 47.7 Å². The summed E-state index contributed by atoms with van der Waals surface area (Å²) in [4.78, 5) is 40.0. The molecule has 1 aliphatic heterocycles. The van der Waals surface area contributed by atoms with Crippen LogP contribution in [0.25, 0.3) is 0 Å². The third-order valence-corrected chi connectivity index (χ3v) is 4.15. The molecule has 1 aromatic carbocycles. The minimum Gasteiger partial charge on any atom is -0.342 e. The normalized spacial score (nSPS) is 13.4. The van der Waals surface area contributed by atoms with Crippen LogP contribution >= 0.6 is 0 Å². The third kappa shape index (κ3) is 3.44. The Morgan fingerprint density at radius 1 is 1.04 bits per heavy atom. The third-order valence-electron chi connectivity index (χ3n) is 4.15. The number of benzene rings is 1. The van der Waals surface area contributed by atoms with Gasteiger partial charge in [0.2, 0.25) is 0 Å². The molecule has 1 aromatic rings. The Morgan fingerprint density at radius 3 is 2.35 bits per heavy atom. The number of hydrogen-bond acceptors (Lipinski definition) is 3. The van der Waals surface area contributed by atoms with Gasteiger partial charge in [0.15, 0.2) is 0 Å². The Kier molecular flexibility index (Phi) is 5.53. The predicted molar refractivity (Wildman–Crippen MR) is 88.6 cm³/mol. The molecule has 0 radical (unpaired) electrons. The molecule has 0 bridgehead atoms. The van der Waals surface area contributed by atoms with E-state index in [0.29, 0.717) is 29.8 Å². The van der Waals surface area contributed by atoms with Crippen molar-refractivity contribution in [2.24, 2.45) is 0 Å². The zero-order chi connectivity index (χ0) is 17.0. The molecular formula is C18H24N2O3. The molecule has 0 atom stereocenters. The molecule has 0 N–H and O–H groups in total. The van der Waals surface area contributed by atoms with Crippen LogP contribution in [0.1, 0.15) is 70.6 Å². The van der Waals surface area contributed by atoms with E-state index in [1.54, 1.807) is 30.1 Å². The summed E-state index contributed by atoms with van der Waals surface area (Å²) in [6.07, 6.45) is 3.66. The van der Waals surface area contributed by atoms with Gasteiger partial charge in [0.05, 0.1) is 11.1 Å². The summed E-state index contributed by atoms with van der Waals surface area (Å²) in [5.74, 6) is -0.658. The number of rotatable bonds is 7. The van der Waals surface area contributed by atoms with E-state index in [9.17, 15) is 14.4 Å². The van der Waals surface area contributed by atoms with Crippen molar-refractivity contribution in [2.75, 3.05) is 20.1 Å². The molecule has 0 saturated carbocycles. The van der Waals surface area contributed by atoms with E-state index < -0.39 is 0 Å². The minimum atomic E-state index is -0.288. The van der Waals surface area contributed by atoms with E-state index in [1.807, 2.05) is 6.92 Å². The van der Waals surface area contributed by atoms with Crippen molar-refractivity contribution < 1.29 is 14.4 Å². The first-order valence-corrected chi connectivity index (χ1v) is 8.27.